The lowest BCUT2D eigenvalue weighted by Crippen LogP contribution is -2.29. The Bertz CT molecular complexity index is 616. The second kappa shape index (κ2) is 9.26. The fourth-order valence-corrected chi connectivity index (χ4v) is 3.03. The van der Waals surface area contributed by atoms with Crippen LogP contribution in [0.3, 0.4) is 0 Å². The zero-order valence-electron chi connectivity index (χ0n) is 13.6. The monoisotopic (exact) mass is 329 g/mol. The van der Waals surface area contributed by atoms with Crippen molar-refractivity contribution in [1.82, 2.24) is 5.32 Å². The van der Waals surface area contributed by atoms with Crippen molar-refractivity contribution >= 4 is 17.7 Å². The molecule has 0 aromatic heterocycles. The van der Waals surface area contributed by atoms with Crippen LogP contribution in [-0.4, -0.2) is 18.3 Å². The van der Waals surface area contributed by atoms with Crippen LogP contribution in [-0.2, 0) is 11.3 Å². The van der Waals surface area contributed by atoms with Crippen LogP contribution in [0, 0.1) is 5.92 Å². The first-order valence-corrected chi connectivity index (χ1v) is 8.85. The first-order valence-electron chi connectivity index (χ1n) is 7.86. The number of benzene rings is 2. The molecule has 0 saturated carbocycles. The predicted octanol–water partition coefficient (Wildman–Crippen LogP) is 4.13. The highest BCUT2D eigenvalue weighted by Crippen LogP contribution is 2.20. The zero-order chi connectivity index (χ0) is 16.5. The van der Waals surface area contributed by atoms with Crippen molar-refractivity contribution in [1.29, 1.82) is 0 Å². The number of amides is 1. The summed E-state index contributed by atoms with van der Waals surface area (Å²) >= 11 is 1.71. The van der Waals surface area contributed by atoms with Crippen molar-refractivity contribution in [2.75, 3.05) is 12.4 Å². The molecule has 2 rings (SSSR count). The molecule has 3 nitrogen and oxygen atoms in total. The van der Waals surface area contributed by atoms with Crippen LogP contribution in [0.5, 0.6) is 5.75 Å². The van der Waals surface area contributed by atoms with Gasteiger partial charge >= 0.3 is 0 Å². The first kappa shape index (κ1) is 17.4. The first-order chi connectivity index (χ1) is 11.2. The van der Waals surface area contributed by atoms with E-state index in [1.807, 2.05) is 56.3 Å². The van der Waals surface area contributed by atoms with Crippen molar-refractivity contribution in [3.63, 3.8) is 0 Å². The van der Waals surface area contributed by atoms with E-state index in [0.29, 0.717) is 13.2 Å². The molecule has 0 saturated heterocycles. The minimum atomic E-state index is -0.0321. The Kier molecular flexibility index (Phi) is 7.01. The summed E-state index contributed by atoms with van der Waals surface area (Å²) in [5.41, 5.74) is 1.05. The lowest BCUT2D eigenvalue weighted by atomic mass is 10.2. The summed E-state index contributed by atoms with van der Waals surface area (Å²) in [5.74, 6) is 1.66. The van der Waals surface area contributed by atoms with Crippen molar-refractivity contribution in [3.05, 3.63) is 60.2 Å². The predicted molar refractivity (Wildman–Crippen MR) is 95.8 cm³/mol. The van der Waals surface area contributed by atoms with Crippen molar-refractivity contribution < 1.29 is 9.53 Å². The molecule has 122 valence electrons. The standard InChI is InChI=1S/C19H23NO2S/c1-3-22-17-9-7-8-16(12-17)13-20-19(21)15(2)14-23-18-10-5-4-6-11-18/h4-12,15H,3,13-14H2,1-2H3,(H,20,21). The Morgan fingerprint density at radius 2 is 1.96 bits per heavy atom. The van der Waals surface area contributed by atoms with E-state index in [2.05, 4.69) is 17.4 Å². The van der Waals surface area contributed by atoms with Gasteiger partial charge in [-0.15, -0.1) is 11.8 Å². The molecule has 0 aliphatic rings. The molecule has 0 aliphatic heterocycles. The molecule has 0 bridgehead atoms. The van der Waals surface area contributed by atoms with Gasteiger partial charge in [-0.2, -0.15) is 0 Å². The minimum Gasteiger partial charge on any atom is -0.494 e. The Labute approximate surface area is 142 Å². The summed E-state index contributed by atoms with van der Waals surface area (Å²) in [4.78, 5) is 13.4. The molecule has 0 heterocycles. The van der Waals surface area contributed by atoms with Crippen LogP contribution in [0.2, 0.25) is 0 Å². The summed E-state index contributed by atoms with van der Waals surface area (Å²) in [6, 6.07) is 18.0. The summed E-state index contributed by atoms with van der Waals surface area (Å²) in [6.45, 7) is 5.09. The molecule has 0 fully saturated rings. The lowest BCUT2D eigenvalue weighted by molar-refractivity contribution is -0.124. The zero-order valence-corrected chi connectivity index (χ0v) is 14.4. The lowest BCUT2D eigenvalue weighted by Gasteiger charge is -2.12. The molecule has 1 unspecified atom stereocenters. The third kappa shape index (κ3) is 5.99. The largest absolute Gasteiger partial charge is 0.494 e. The summed E-state index contributed by atoms with van der Waals surface area (Å²) in [5, 5.41) is 3.00. The van der Waals surface area contributed by atoms with E-state index in [4.69, 9.17) is 4.74 Å². The van der Waals surface area contributed by atoms with Gasteiger partial charge in [-0.05, 0) is 36.8 Å². The SMILES string of the molecule is CCOc1cccc(CNC(=O)C(C)CSc2ccccc2)c1. The van der Waals surface area contributed by atoms with Crippen LogP contribution >= 0.6 is 11.8 Å². The van der Waals surface area contributed by atoms with Crippen LogP contribution in [0.4, 0.5) is 0 Å². The molecular formula is C19H23NO2S. The quantitative estimate of drug-likeness (QED) is 0.740. The number of nitrogens with one attached hydrogen (secondary N) is 1. The maximum Gasteiger partial charge on any atom is 0.223 e. The number of rotatable bonds is 8. The Morgan fingerprint density at radius 1 is 1.17 bits per heavy atom. The number of ether oxygens (including phenoxy) is 1. The van der Waals surface area contributed by atoms with Gasteiger partial charge in [0.2, 0.25) is 5.91 Å². The van der Waals surface area contributed by atoms with Gasteiger partial charge in [0, 0.05) is 23.1 Å². The Hall–Kier alpha value is -1.94. The number of carbonyl (C=O) groups excluding carboxylic acids is 1. The minimum absolute atomic E-state index is 0.0321. The summed E-state index contributed by atoms with van der Waals surface area (Å²) < 4.78 is 5.47. The molecule has 1 atom stereocenters. The molecule has 0 spiro atoms. The average molecular weight is 329 g/mol. The van der Waals surface area contributed by atoms with Crippen LogP contribution < -0.4 is 10.1 Å². The smallest absolute Gasteiger partial charge is 0.223 e. The van der Waals surface area contributed by atoms with E-state index in [1.165, 1.54) is 4.90 Å². The van der Waals surface area contributed by atoms with Crippen LogP contribution in [0.25, 0.3) is 0 Å². The van der Waals surface area contributed by atoms with Gasteiger partial charge < -0.3 is 10.1 Å². The van der Waals surface area contributed by atoms with E-state index in [1.54, 1.807) is 11.8 Å². The molecule has 2 aromatic carbocycles. The second-order valence-electron chi connectivity index (χ2n) is 5.32. The fraction of sp³-hybridized carbons (Fsp3) is 0.316. The number of thioether (sulfide) groups is 1. The van der Waals surface area contributed by atoms with Crippen LogP contribution in [0.1, 0.15) is 19.4 Å². The fourth-order valence-electron chi connectivity index (χ4n) is 2.09. The maximum absolute atomic E-state index is 12.2. The highest BCUT2D eigenvalue weighted by atomic mass is 32.2. The van der Waals surface area contributed by atoms with E-state index in [9.17, 15) is 4.79 Å². The third-order valence-corrected chi connectivity index (χ3v) is 4.64. The molecule has 2 aromatic rings. The average Bonchev–Trinajstić information content (AvgIpc) is 2.59. The van der Waals surface area contributed by atoms with Gasteiger partial charge in [-0.25, -0.2) is 0 Å². The summed E-state index contributed by atoms with van der Waals surface area (Å²) in [7, 11) is 0. The van der Waals surface area contributed by atoms with Gasteiger partial charge in [-0.1, -0.05) is 37.3 Å². The van der Waals surface area contributed by atoms with Crippen molar-refractivity contribution in [3.8, 4) is 5.75 Å². The van der Waals surface area contributed by atoms with E-state index >= 15 is 0 Å². The molecule has 4 heteroatoms. The Morgan fingerprint density at radius 3 is 2.70 bits per heavy atom. The topological polar surface area (TPSA) is 38.3 Å². The molecule has 1 N–H and O–H groups in total. The van der Waals surface area contributed by atoms with Crippen molar-refractivity contribution in [2.24, 2.45) is 5.92 Å². The molecule has 0 radical (unpaired) electrons. The van der Waals surface area contributed by atoms with E-state index in [0.717, 1.165) is 17.1 Å². The van der Waals surface area contributed by atoms with E-state index < -0.39 is 0 Å². The van der Waals surface area contributed by atoms with Gasteiger partial charge in [-0.3, -0.25) is 4.79 Å². The van der Waals surface area contributed by atoms with E-state index in [-0.39, 0.29) is 11.8 Å². The van der Waals surface area contributed by atoms with Crippen molar-refractivity contribution in [2.45, 2.75) is 25.3 Å². The highest BCUT2D eigenvalue weighted by Gasteiger charge is 2.13. The second-order valence-corrected chi connectivity index (χ2v) is 6.42. The van der Waals surface area contributed by atoms with Crippen LogP contribution in [0.15, 0.2) is 59.5 Å². The number of carbonyl (C=O) groups is 1. The highest BCUT2D eigenvalue weighted by molar-refractivity contribution is 7.99. The van der Waals surface area contributed by atoms with Gasteiger partial charge in [0.1, 0.15) is 5.75 Å². The maximum atomic E-state index is 12.2. The Balaban J connectivity index is 1.78. The summed E-state index contributed by atoms with van der Waals surface area (Å²) in [6.07, 6.45) is 0. The molecule has 0 aliphatic carbocycles. The number of hydrogen-bond acceptors (Lipinski definition) is 3. The van der Waals surface area contributed by atoms with Gasteiger partial charge in [0.25, 0.3) is 0 Å². The normalized spacial score (nSPS) is 11.7. The molecule has 1 amide bonds. The van der Waals surface area contributed by atoms with Gasteiger partial charge in [0.15, 0.2) is 0 Å². The van der Waals surface area contributed by atoms with Gasteiger partial charge in [0.05, 0.1) is 6.61 Å². The molecule has 23 heavy (non-hydrogen) atoms. The molecular weight excluding hydrogens is 306 g/mol. The third-order valence-electron chi connectivity index (χ3n) is 3.37. The number of hydrogen-bond donors (Lipinski definition) is 1.